The predicted molar refractivity (Wildman–Crippen MR) is 135 cm³/mol. The molecule has 4 aromatic rings. The molecule has 3 aromatic carbocycles. The Morgan fingerprint density at radius 2 is 1.53 bits per heavy atom. The highest BCUT2D eigenvalue weighted by atomic mass is 32.2. The Morgan fingerprint density at radius 3 is 2.15 bits per heavy atom. The molecule has 0 saturated heterocycles. The number of benzene rings is 3. The Balaban J connectivity index is 1.44. The number of nitrogens with one attached hydrogen (secondary N) is 2. The summed E-state index contributed by atoms with van der Waals surface area (Å²) in [4.78, 5) is 8.47. The fourth-order valence-electron chi connectivity index (χ4n) is 3.82. The van der Waals surface area contributed by atoms with Gasteiger partial charge in [0.2, 0.25) is 10.0 Å². The van der Waals surface area contributed by atoms with Gasteiger partial charge in [0.15, 0.2) is 0 Å². The van der Waals surface area contributed by atoms with E-state index in [1.54, 1.807) is 12.1 Å². The first kappa shape index (κ1) is 23.9. The van der Waals surface area contributed by atoms with Crippen molar-refractivity contribution in [1.82, 2.24) is 14.7 Å². The second kappa shape index (κ2) is 10.8. The van der Waals surface area contributed by atoms with E-state index in [4.69, 9.17) is 4.98 Å². The van der Waals surface area contributed by atoms with E-state index in [1.165, 1.54) is 12.1 Å². The summed E-state index contributed by atoms with van der Waals surface area (Å²) in [5.41, 5.74) is 4.59. The molecule has 1 heterocycles. The van der Waals surface area contributed by atoms with E-state index in [0.29, 0.717) is 31.4 Å². The minimum atomic E-state index is -3.62. The average molecular weight is 476 g/mol. The quantitative estimate of drug-likeness (QED) is 0.278. The maximum atomic E-state index is 12.7. The third-order valence-electron chi connectivity index (χ3n) is 5.73. The van der Waals surface area contributed by atoms with E-state index in [2.05, 4.69) is 9.71 Å². The highest BCUT2D eigenvalue weighted by Gasteiger charge is 2.16. The number of sulfonamides is 1. The number of aryl methyl sites for hydroxylation is 1. The molecule has 0 spiro atoms. The zero-order valence-corrected chi connectivity index (χ0v) is 19.9. The van der Waals surface area contributed by atoms with Crippen molar-refractivity contribution < 1.29 is 13.5 Å². The summed E-state index contributed by atoms with van der Waals surface area (Å²) in [6, 6.07) is 26.3. The third-order valence-corrected chi connectivity index (χ3v) is 7.21. The summed E-state index contributed by atoms with van der Waals surface area (Å²) < 4.78 is 28.0. The van der Waals surface area contributed by atoms with Crippen LogP contribution in [0.25, 0.3) is 22.6 Å². The molecule has 0 bridgehead atoms. The van der Waals surface area contributed by atoms with Crippen molar-refractivity contribution >= 4 is 10.0 Å². The van der Waals surface area contributed by atoms with Gasteiger partial charge in [0.1, 0.15) is 5.82 Å². The molecule has 176 valence electrons. The fraction of sp³-hybridized carbons (Fsp3) is 0.222. The molecule has 1 atom stereocenters. The summed E-state index contributed by atoms with van der Waals surface area (Å²) in [5, 5.41) is 9.91. The Morgan fingerprint density at radius 1 is 0.912 bits per heavy atom. The molecule has 1 unspecified atom stereocenters. The van der Waals surface area contributed by atoms with E-state index >= 15 is 0 Å². The number of aromatic nitrogens is 2. The molecule has 6 nitrogen and oxygen atoms in total. The lowest BCUT2D eigenvalue weighted by molar-refractivity contribution is 0.173. The van der Waals surface area contributed by atoms with E-state index < -0.39 is 16.1 Å². The van der Waals surface area contributed by atoms with Crippen LogP contribution in [0.1, 0.15) is 37.1 Å². The van der Waals surface area contributed by atoms with Crippen molar-refractivity contribution in [2.24, 2.45) is 0 Å². The molecular weight excluding hydrogens is 446 g/mol. The number of aliphatic hydroxyl groups excluding tert-OH is 1. The molecule has 0 fully saturated rings. The van der Waals surface area contributed by atoms with Crippen LogP contribution in [0.5, 0.6) is 0 Å². The highest BCUT2D eigenvalue weighted by molar-refractivity contribution is 7.89. The smallest absolute Gasteiger partial charge is 0.240 e. The molecule has 0 amide bonds. The third kappa shape index (κ3) is 5.62. The fourth-order valence-corrected chi connectivity index (χ4v) is 4.89. The lowest BCUT2D eigenvalue weighted by atomic mass is 10.1. The lowest BCUT2D eigenvalue weighted by Crippen LogP contribution is -2.25. The molecule has 0 aliphatic heterocycles. The molecular formula is C27H29N3O3S. The SMILES string of the molecule is CCC(O)c1ccc(S(=O)(=O)NCCCc2[nH]c(-c3ccccc3)nc2-c2ccccc2)cc1. The van der Waals surface area contributed by atoms with E-state index in [1.807, 2.05) is 67.6 Å². The van der Waals surface area contributed by atoms with E-state index in [0.717, 1.165) is 28.3 Å². The Labute approximate surface area is 200 Å². The second-order valence-electron chi connectivity index (χ2n) is 8.14. The van der Waals surface area contributed by atoms with Gasteiger partial charge in [0, 0.05) is 23.4 Å². The van der Waals surface area contributed by atoms with Gasteiger partial charge in [0.25, 0.3) is 0 Å². The van der Waals surface area contributed by atoms with Gasteiger partial charge in [0.05, 0.1) is 16.7 Å². The van der Waals surface area contributed by atoms with Crippen molar-refractivity contribution in [3.05, 3.63) is 96.2 Å². The normalized spacial score (nSPS) is 12.5. The summed E-state index contributed by atoms with van der Waals surface area (Å²) in [5.74, 6) is 0.796. The van der Waals surface area contributed by atoms with Crippen LogP contribution >= 0.6 is 0 Å². The minimum Gasteiger partial charge on any atom is -0.388 e. The summed E-state index contributed by atoms with van der Waals surface area (Å²) in [7, 11) is -3.62. The number of imidazole rings is 1. The zero-order chi connectivity index (χ0) is 24.0. The molecule has 0 saturated carbocycles. The number of aliphatic hydroxyl groups is 1. The van der Waals surface area contributed by atoms with Crippen molar-refractivity contribution in [2.45, 2.75) is 37.2 Å². The zero-order valence-electron chi connectivity index (χ0n) is 19.1. The number of nitrogens with zero attached hydrogens (tertiary/aromatic N) is 1. The molecule has 7 heteroatoms. The van der Waals surface area contributed by atoms with Gasteiger partial charge in [-0.1, -0.05) is 79.7 Å². The van der Waals surface area contributed by atoms with Gasteiger partial charge >= 0.3 is 0 Å². The molecule has 0 radical (unpaired) electrons. The van der Waals surface area contributed by atoms with Crippen LogP contribution in [-0.4, -0.2) is 30.0 Å². The topological polar surface area (TPSA) is 95.1 Å². The van der Waals surface area contributed by atoms with Crippen molar-refractivity contribution in [1.29, 1.82) is 0 Å². The van der Waals surface area contributed by atoms with Gasteiger partial charge in [-0.05, 0) is 37.0 Å². The van der Waals surface area contributed by atoms with Crippen molar-refractivity contribution in [2.75, 3.05) is 6.54 Å². The Hall–Kier alpha value is -3.26. The first-order chi connectivity index (χ1) is 16.5. The van der Waals surface area contributed by atoms with Crippen LogP contribution in [0, 0.1) is 0 Å². The largest absolute Gasteiger partial charge is 0.388 e. The maximum absolute atomic E-state index is 12.7. The molecule has 3 N–H and O–H groups in total. The summed E-state index contributed by atoms with van der Waals surface area (Å²) in [6.07, 6.45) is 1.25. The van der Waals surface area contributed by atoms with Crippen LogP contribution < -0.4 is 4.72 Å². The monoisotopic (exact) mass is 475 g/mol. The summed E-state index contributed by atoms with van der Waals surface area (Å²) >= 11 is 0. The number of hydrogen-bond acceptors (Lipinski definition) is 4. The molecule has 4 rings (SSSR count). The number of H-pyrrole nitrogens is 1. The maximum Gasteiger partial charge on any atom is 0.240 e. The van der Waals surface area contributed by atoms with Crippen LogP contribution in [0.15, 0.2) is 89.8 Å². The second-order valence-corrected chi connectivity index (χ2v) is 9.91. The van der Waals surface area contributed by atoms with Crippen molar-refractivity contribution in [3.63, 3.8) is 0 Å². The van der Waals surface area contributed by atoms with E-state index in [9.17, 15) is 13.5 Å². The minimum absolute atomic E-state index is 0.192. The van der Waals surface area contributed by atoms with Gasteiger partial charge in [-0.15, -0.1) is 0 Å². The number of aromatic amines is 1. The Bertz CT molecular complexity index is 1300. The van der Waals surface area contributed by atoms with Crippen LogP contribution in [0.3, 0.4) is 0 Å². The Kier molecular flexibility index (Phi) is 7.57. The molecule has 34 heavy (non-hydrogen) atoms. The number of rotatable bonds is 10. The molecule has 1 aromatic heterocycles. The number of hydrogen-bond donors (Lipinski definition) is 3. The highest BCUT2D eigenvalue weighted by Crippen LogP contribution is 2.27. The van der Waals surface area contributed by atoms with Gasteiger partial charge in [-0.3, -0.25) is 0 Å². The van der Waals surface area contributed by atoms with E-state index in [-0.39, 0.29) is 4.90 Å². The van der Waals surface area contributed by atoms with Crippen LogP contribution in [0.4, 0.5) is 0 Å². The average Bonchev–Trinajstić information content (AvgIpc) is 3.31. The van der Waals surface area contributed by atoms with Gasteiger partial charge in [-0.2, -0.15) is 0 Å². The standard InChI is InChI=1S/C27H29N3O3S/c1-2-25(31)20-15-17-23(18-16-20)34(32,33)28-19-9-14-24-26(21-10-5-3-6-11-21)30-27(29-24)22-12-7-4-8-13-22/h3-8,10-13,15-18,25,28,31H,2,9,14,19H2,1H3,(H,29,30). The molecule has 0 aliphatic rings. The first-order valence-corrected chi connectivity index (χ1v) is 12.9. The first-order valence-electron chi connectivity index (χ1n) is 11.5. The van der Waals surface area contributed by atoms with Crippen molar-refractivity contribution in [3.8, 4) is 22.6 Å². The predicted octanol–water partition coefficient (Wildman–Crippen LogP) is 5.10. The van der Waals surface area contributed by atoms with Gasteiger partial charge < -0.3 is 10.1 Å². The van der Waals surface area contributed by atoms with Gasteiger partial charge in [-0.25, -0.2) is 18.1 Å². The summed E-state index contributed by atoms with van der Waals surface area (Å²) in [6.45, 7) is 2.18. The van der Waals surface area contributed by atoms with Crippen LogP contribution in [-0.2, 0) is 16.4 Å². The lowest BCUT2D eigenvalue weighted by Gasteiger charge is -2.10. The van der Waals surface area contributed by atoms with Crippen LogP contribution in [0.2, 0.25) is 0 Å². The molecule has 0 aliphatic carbocycles.